The van der Waals surface area contributed by atoms with Crippen LogP contribution in [0.4, 0.5) is 0 Å². The van der Waals surface area contributed by atoms with Crippen LogP contribution in [0.2, 0.25) is 3.93 Å². The third-order valence-corrected chi connectivity index (χ3v) is 6.75. The number of carboxylic acids is 2. The first kappa shape index (κ1) is 37.3. The number of hydrogen-bond donors (Lipinski definition) is 0. The molecule has 5 heteroatoms. The van der Waals surface area contributed by atoms with Crippen LogP contribution in [0.5, 0.6) is 0 Å². The predicted molar refractivity (Wildman–Crippen MR) is 139 cm³/mol. The van der Waals surface area contributed by atoms with Crippen LogP contribution < -0.4 is 10.2 Å². The standard InChI is InChI=1S/2C12H24O2.C4H9.Sn/c2*1-2-3-4-5-6-7-8-9-10-11-12(13)14;1-3-4-2;/h2*2-11H2,1H3,(H,13,14);3H,4H2,1-2H3;/q;;;+2/p-2. The first-order valence-corrected chi connectivity index (χ1v) is 15.6. The van der Waals surface area contributed by atoms with Crippen molar-refractivity contribution in [3.63, 3.8) is 0 Å². The second kappa shape index (κ2) is 33.9. The van der Waals surface area contributed by atoms with E-state index in [4.69, 9.17) is 0 Å². The van der Waals surface area contributed by atoms with E-state index in [2.05, 4.69) is 27.7 Å². The monoisotopic (exact) mass is 575 g/mol. The van der Waals surface area contributed by atoms with Crippen LogP contribution in [0.15, 0.2) is 0 Å². The molecule has 0 spiro atoms. The van der Waals surface area contributed by atoms with Crippen LogP contribution in [-0.2, 0) is 9.59 Å². The average molecular weight is 574 g/mol. The van der Waals surface area contributed by atoms with Crippen LogP contribution in [0.3, 0.4) is 0 Å². The Kier molecular flexibility index (Phi) is 38.3. The van der Waals surface area contributed by atoms with Crippen LogP contribution in [0, 0.1) is 0 Å². The van der Waals surface area contributed by atoms with Crippen molar-refractivity contribution in [3.05, 3.63) is 0 Å². The van der Waals surface area contributed by atoms with Crippen LogP contribution in [0.1, 0.15) is 163 Å². The SMILES string of the molecule is CCCCCCCCCCCC(=O)[O-].CCCCCCCCCCCC(=O)[O-].CC[CH](C)[Sn+2]. The van der Waals surface area contributed by atoms with Gasteiger partial charge in [-0.3, -0.25) is 0 Å². The van der Waals surface area contributed by atoms with Gasteiger partial charge in [0.2, 0.25) is 0 Å². The fourth-order valence-electron chi connectivity index (χ4n) is 3.16. The quantitative estimate of drug-likeness (QED) is 0.113. The molecule has 1 unspecified atom stereocenters. The van der Waals surface area contributed by atoms with Crippen molar-refractivity contribution >= 4 is 34.5 Å². The number of carbonyl (C=O) groups excluding carboxylic acids is 2. The normalized spacial score (nSPS) is 11.0. The van der Waals surface area contributed by atoms with Crippen LogP contribution in [-0.4, -0.2) is 34.5 Å². The zero-order valence-electron chi connectivity index (χ0n) is 22.6. The summed E-state index contributed by atoms with van der Waals surface area (Å²) < 4.78 is 0.974. The fraction of sp³-hybridized carbons (Fsp3) is 0.929. The van der Waals surface area contributed by atoms with Gasteiger partial charge in [-0.05, 0) is 25.7 Å². The Balaban J connectivity index is -0.000000453. The predicted octanol–water partition coefficient (Wildman–Crippen LogP) is 6.69. The van der Waals surface area contributed by atoms with Crippen LogP contribution in [0.25, 0.3) is 0 Å². The zero-order chi connectivity index (χ0) is 25.6. The molecule has 0 heterocycles. The molecule has 0 aromatic rings. The van der Waals surface area contributed by atoms with Gasteiger partial charge in [-0.15, -0.1) is 0 Å². The maximum absolute atomic E-state index is 10.1. The number of hydrogen-bond acceptors (Lipinski definition) is 4. The van der Waals surface area contributed by atoms with E-state index in [1.165, 1.54) is 96.3 Å². The van der Waals surface area contributed by atoms with Crippen molar-refractivity contribution in [1.82, 2.24) is 0 Å². The van der Waals surface area contributed by atoms with Crippen molar-refractivity contribution in [3.8, 4) is 0 Å². The van der Waals surface area contributed by atoms with E-state index in [0.29, 0.717) is 0 Å². The molecular weight excluding hydrogens is 519 g/mol. The molecule has 0 aromatic heterocycles. The molecule has 0 aromatic carbocycles. The summed E-state index contributed by atoms with van der Waals surface area (Å²) in [6, 6.07) is 0. The van der Waals surface area contributed by atoms with Crippen molar-refractivity contribution in [2.75, 3.05) is 0 Å². The van der Waals surface area contributed by atoms with Crippen molar-refractivity contribution in [1.29, 1.82) is 0 Å². The Morgan fingerprint density at radius 1 is 0.545 bits per heavy atom. The third kappa shape index (κ3) is 49.8. The molecule has 33 heavy (non-hydrogen) atoms. The number of carboxylic acid groups (broad SMARTS) is 2. The molecule has 0 bridgehead atoms. The summed E-state index contributed by atoms with van der Waals surface area (Å²) in [6.45, 7) is 8.93. The Bertz CT molecular complexity index is 354. The summed E-state index contributed by atoms with van der Waals surface area (Å²) in [7, 11) is 0. The summed E-state index contributed by atoms with van der Waals surface area (Å²) in [6.07, 6.45) is 23.7. The van der Waals surface area contributed by atoms with E-state index in [9.17, 15) is 19.8 Å². The Hall–Kier alpha value is -0.261. The van der Waals surface area contributed by atoms with E-state index in [1.807, 2.05) is 0 Å². The van der Waals surface area contributed by atoms with Gasteiger partial charge in [-0.2, -0.15) is 0 Å². The molecule has 0 N–H and O–H groups in total. The minimum absolute atomic E-state index is 0.232. The molecule has 0 saturated carbocycles. The fourth-order valence-corrected chi connectivity index (χ4v) is 3.16. The second-order valence-electron chi connectivity index (χ2n) is 9.21. The van der Waals surface area contributed by atoms with Gasteiger partial charge >= 0.3 is 46.7 Å². The zero-order valence-corrected chi connectivity index (χ0v) is 25.4. The summed E-state index contributed by atoms with van der Waals surface area (Å²) in [5.74, 6) is -1.82. The Morgan fingerprint density at radius 2 is 0.758 bits per heavy atom. The van der Waals surface area contributed by atoms with Crippen LogP contribution >= 0.6 is 0 Å². The van der Waals surface area contributed by atoms with Gasteiger partial charge in [0.05, 0.1) is 0 Å². The molecule has 4 nitrogen and oxygen atoms in total. The second-order valence-corrected chi connectivity index (χ2v) is 12.0. The summed E-state index contributed by atoms with van der Waals surface area (Å²) in [5.41, 5.74) is 0. The number of unbranched alkanes of at least 4 members (excludes halogenated alkanes) is 16. The molecule has 0 fully saturated rings. The summed E-state index contributed by atoms with van der Waals surface area (Å²) in [4.78, 5) is 20.2. The van der Waals surface area contributed by atoms with E-state index in [-0.39, 0.29) is 12.8 Å². The van der Waals surface area contributed by atoms with E-state index in [1.54, 1.807) is 22.5 Å². The number of rotatable bonds is 21. The first-order valence-electron chi connectivity index (χ1n) is 13.9. The van der Waals surface area contributed by atoms with Gasteiger partial charge in [0.1, 0.15) is 0 Å². The molecular formula is C28H55O4Sn. The average Bonchev–Trinajstić information content (AvgIpc) is 2.77. The molecule has 0 rings (SSSR count). The Labute approximate surface area is 220 Å². The van der Waals surface area contributed by atoms with Gasteiger partial charge in [-0.1, -0.05) is 117 Å². The summed E-state index contributed by atoms with van der Waals surface area (Å²) in [5, 5.41) is 20.2. The van der Waals surface area contributed by atoms with Gasteiger partial charge in [0.25, 0.3) is 0 Å². The first-order chi connectivity index (χ1) is 15.8. The van der Waals surface area contributed by atoms with Gasteiger partial charge in [0.15, 0.2) is 0 Å². The molecule has 195 valence electrons. The van der Waals surface area contributed by atoms with Gasteiger partial charge < -0.3 is 19.8 Å². The van der Waals surface area contributed by atoms with E-state index in [0.717, 1.165) is 29.6 Å². The molecule has 1 radical (unpaired) electrons. The Morgan fingerprint density at radius 3 is 0.939 bits per heavy atom. The van der Waals surface area contributed by atoms with Gasteiger partial charge in [-0.25, -0.2) is 0 Å². The van der Waals surface area contributed by atoms with Gasteiger partial charge in [0, 0.05) is 11.9 Å². The maximum atomic E-state index is 10.1. The van der Waals surface area contributed by atoms with E-state index >= 15 is 0 Å². The van der Waals surface area contributed by atoms with E-state index < -0.39 is 11.9 Å². The molecule has 0 aliphatic heterocycles. The van der Waals surface area contributed by atoms with Crippen molar-refractivity contribution in [2.24, 2.45) is 0 Å². The molecule has 0 aliphatic carbocycles. The number of aliphatic carboxylic acids is 2. The topological polar surface area (TPSA) is 80.3 Å². The van der Waals surface area contributed by atoms with Crippen molar-refractivity contribution < 1.29 is 19.8 Å². The molecule has 0 amide bonds. The summed E-state index contributed by atoms with van der Waals surface area (Å²) >= 11 is 1.67. The third-order valence-electron chi connectivity index (χ3n) is 5.58. The number of carbonyl (C=O) groups is 2. The molecule has 0 saturated heterocycles. The molecule has 0 aliphatic rings. The minimum atomic E-state index is -0.909. The molecule has 1 atom stereocenters. The van der Waals surface area contributed by atoms with Crippen molar-refractivity contribution in [2.45, 2.75) is 166 Å².